The second-order valence-electron chi connectivity index (χ2n) is 4.54. The molecule has 100 valence electrons. The molecule has 0 aliphatic carbocycles. The van der Waals surface area contributed by atoms with Crippen LogP contribution >= 0.6 is 0 Å². The van der Waals surface area contributed by atoms with Crippen LogP contribution < -0.4 is 5.32 Å². The van der Waals surface area contributed by atoms with Crippen molar-refractivity contribution in [3.63, 3.8) is 0 Å². The highest BCUT2D eigenvalue weighted by Crippen LogP contribution is 2.28. The molecule has 1 aromatic heterocycles. The highest BCUT2D eigenvalue weighted by molar-refractivity contribution is 5.95. The van der Waals surface area contributed by atoms with Gasteiger partial charge < -0.3 is 5.32 Å². The summed E-state index contributed by atoms with van der Waals surface area (Å²) in [6.07, 6.45) is 1.73. The predicted molar refractivity (Wildman–Crippen MR) is 77.7 cm³/mol. The molecule has 2 aromatic carbocycles. The molecule has 0 unspecified atom stereocenters. The van der Waals surface area contributed by atoms with Crippen LogP contribution in [-0.2, 0) is 6.54 Å². The molecule has 1 heterocycles. The van der Waals surface area contributed by atoms with Crippen LogP contribution in [0.2, 0.25) is 0 Å². The van der Waals surface area contributed by atoms with E-state index in [1.165, 1.54) is 6.07 Å². The Labute approximate surface area is 116 Å². The van der Waals surface area contributed by atoms with Gasteiger partial charge in [-0.15, -0.1) is 0 Å². The summed E-state index contributed by atoms with van der Waals surface area (Å²) >= 11 is 0. The van der Waals surface area contributed by atoms with Crippen LogP contribution in [0, 0.1) is 5.82 Å². The molecule has 3 nitrogen and oxygen atoms in total. The molecule has 0 saturated heterocycles. The van der Waals surface area contributed by atoms with Crippen LogP contribution in [0.3, 0.4) is 0 Å². The Kier molecular flexibility index (Phi) is 3.39. The smallest absolute Gasteiger partial charge is 0.160 e. The second kappa shape index (κ2) is 5.35. The Morgan fingerprint density at radius 1 is 1.05 bits per heavy atom. The molecule has 0 bridgehead atoms. The molecule has 4 heteroatoms. The summed E-state index contributed by atoms with van der Waals surface area (Å²) in [5.41, 5.74) is 1.76. The third-order valence-electron chi connectivity index (χ3n) is 3.18. The molecular weight excluding hydrogens is 253 g/mol. The topological polar surface area (TPSA) is 37.8 Å². The molecule has 0 radical (unpaired) electrons. The van der Waals surface area contributed by atoms with Gasteiger partial charge >= 0.3 is 0 Å². The van der Waals surface area contributed by atoms with E-state index in [0.717, 1.165) is 16.6 Å². The zero-order valence-corrected chi connectivity index (χ0v) is 11.1. The van der Waals surface area contributed by atoms with Crippen LogP contribution in [0.15, 0.2) is 48.7 Å². The van der Waals surface area contributed by atoms with E-state index in [9.17, 15) is 4.39 Å². The van der Waals surface area contributed by atoms with E-state index in [1.54, 1.807) is 18.3 Å². The largest absolute Gasteiger partial charge is 0.314 e. The monoisotopic (exact) mass is 267 g/mol. The Hall–Kier alpha value is -2.33. The quantitative estimate of drug-likeness (QED) is 0.792. The maximum Gasteiger partial charge on any atom is 0.160 e. The van der Waals surface area contributed by atoms with Crippen molar-refractivity contribution in [1.82, 2.24) is 15.3 Å². The summed E-state index contributed by atoms with van der Waals surface area (Å²) in [5, 5.41) is 4.48. The summed E-state index contributed by atoms with van der Waals surface area (Å²) < 4.78 is 13.8. The van der Waals surface area contributed by atoms with Gasteiger partial charge in [0.1, 0.15) is 5.82 Å². The number of halogens is 1. The molecule has 0 aliphatic heterocycles. The van der Waals surface area contributed by atoms with Crippen molar-refractivity contribution in [2.24, 2.45) is 0 Å². The molecule has 0 spiro atoms. The number of hydrogen-bond donors (Lipinski definition) is 1. The lowest BCUT2D eigenvalue weighted by Gasteiger charge is -2.07. The number of aromatic nitrogens is 2. The Morgan fingerprint density at radius 2 is 1.85 bits per heavy atom. The first-order valence-corrected chi connectivity index (χ1v) is 6.44. The summed E-state index contributed by atoms with van der Waals surface area (Å²) in [6.45, 7) is 0.675. The van der Waals surface area contributed by atoms with Crippen molar-refractivity contribution >= 4 is 10.8 Å². The summed E-state index contributed by atoms with van der Waals surface area (Å²) in [4.78, 5) is 8.83. The first-order chi connectivity index (χ1) is 9.79. The van der Waals surface area contributed by atoms with E-state index in [1.807, 2.05) is 31.3 Å². The fraction of sp³-hybridized carbons (Fsp3) is 0.125. The molecule has 3 aromatic rings. The third-order valence-corrected chi connectivity index (χ3v) is 3.18. The second-order valence-corrected chi connectivity index (χ2v) is 4.54. The fourth-order valence-corrected chi connectivity index (χ4v) is 2.26. The van der Waals surface area contributed by atoms with E-state index in [2.05, 4.69) is 15.3 Å². The molecular formula is C16H14FN3. The van der Waals surface area contributed by atoms with Gasteiger partial charge in [0.25, 0.3) is 0 Å². The van der Waals surface area contributed by atoms with Gasteiger partial charge in [-0.3, -0.25) is 0 Å². The molecule has 1 N–H and O–H groups in total. The number of benzene rings is 2. The van der Waals surface area contributed by atoms with E-state index in [-0.39, 0.29) is 5.82 Å². The molecule has 0 saturated carbocycles. The number of rotatable bonds is 3. The molecule has 0 amide bonds. The minimum absolute atomic E-state index is 0.226. The number of nitrogens with zero attached hydrogens (tertiary/aromatic N) is 2. The zero-order chi connectivity index (χ0) is 13.9. The van der Waals surface area contributed by atoms with Gasteiger partial charge in [-0.25, -0.2) is 14.4 Å². The van der Waals surface area contributed by atoms with Crippen LogP contribution in [0.25, 0.3) is 22.2 Å². The van der Waals surface area contributed by atoms with Gasteiger partial charge in [-0.05, 0) is 30.6 Å². The lowest BCUT2D eigenvalue weighted by atomic mass is 10.0. The van der Waals surface area contributed by atoms with Crippen molar-refractivity contribution in [3.8, 4) is 11.4 Å². The minimum Gasteiger partial charge on any atom is -0.314 e. The van der Waals surface area contributed by atoms with E-state index < -0.39 is 0 Å². The highest BCUT2D eigenvalue weighted by Gasteiger charge is 2.09. The van der Waals surface area contributed by atoms with E-state index in [0.29, 0.717) is 17.8 Å². The van der Waals surface area contributed by atoms with Crippen molar-refractivity contribution in [2.45, 2.75) is 6.54 Å². The average molecular weight is 267 g/mol. The first kappa shape index (κ1) is 12.7. The van der Waals surface area contributed by atoms with Gasteiger partial charge in [0, 0.05) is 23.7 Å². The number of nitrogens with one attached hydrogen (secondary N) is 1. The zero-order valence-electron chi connectivity index (χ0n) is 11.1. The van der Waals surface area contributed by atoms with Crippen LogP contribution in [-0.4, -0.2) is 17.0 Å². The molecule has 0 aliphatic rings. The maximum atomic E-state index is 13.8. The molecule has 0 atom stereocenters. The SMILES string of the molecule is CNCc1ccnc(-c2ccc(F)c3ccccc23)n1. The van der Waals surface area contributed by atoms with E-state index in [4.69, 9.17) is 0 Å². The Morgan fingerprint density at radius 3 is 2.65 bits per heavy atom. The fourth-order valence-electron chi connectivity index (χ4n) is 2.26. The normalized spacial score (nSPS) is 10.9. The van der Waals surface area contributed by atoms with Crippen molar-refractivity contribution in [3.05, 3.63) is 60.2 Å². The summed E-state index contributed by atoms with van der Waals surface area (Å²) in [7, 11) is 1.87. The van der Waals surface area contributed by atoms with Crippen LogP contribution in [0.1, 0.15) is 5.69 Å². The Balaban J connectivity index is 2.19. The highest BCUT2D eigenvalue weighted by atomic mass is 19.1. The lowest BCUT2D eigenvalue weighted by Crippen LogP contribution is -2.07. The lowest BCUT2D eigenvalue weighted by molar-refractivity contribution is 0.640. The van der Waals surface area contributed by atoms with Gasteiger partial charge in [0.05, 0.1) is 5.69 Å². The summed E-state index contributed by atoms with van der Waals surface area (Å²) in [6, 6.07) is 12.4. The van der Waals surface area contributed by atoms with Gasteiger partial charge in [0.2, 0.25) is 0 Å². The van der Waals surface area contributed by atoms with Gasteiger partial charge in [-0.1, -0.05) is 24.3 Å². The van der Waals surface area contributed by atoms with Crippen molar-refractivity contribution in [1.29, 1.82) is 0 Å². The Bertz CT molecular complexity index is 756. The molecule has 20 heavy (non-hydrogen) atoms. The van der Waals surface area contributed by atoms with Crippen molar-refractivity contribution in [2.75, 3.05) is 7.05 Å². The number of fused-ring (bicyclic) bond motifs is 1. The molecule has 3 rings (SSSR count). The third kappa shape index (κ3) is 2.26. The summed E-state index contributed by atoms with van der Waals surface area (Å²) in [5.74, 6) is 0.393. The standard InChI is InChI=1S/C16H14FN3/c1-18-10-11-8-9-19-16(20-11)14-6-7-15(17)13-5-3-2-4-12(13)14/h2-9,18H,10H2,1H3. The minimum atomic E-state index is -0.226. The predicted octanol–water partition coefficient (Wildman–Crippen LogP) is 3.16. The van der Waals surface area contributed by atoms with Gasteiger partial charge in [-0.2, -0.15) is 0 Å². The van der Waals surface area contributed by atoms with Crippen LogP contribution in [0.4, 0.5) is 4.39 Å². The maximum absolute atomic E-state index is 13.8. The van der Waals surface area contributed by atoms with Gasteiger partial charge in [0.15, 0.2) is 5.82 Å². The van der Waals surface area contributed by atoms with Crippen molar-refractivity contribution < 1.29 is 4.39 Å². The number of hydrogen-bond acceptors (Lipinski definition) is 3. The molecule has 0 fully saturated rings. The van der Waals surface area contributed by atoms with Crippen LogP contribution in [0.5, 0.6) is 0 Å². The first-order valence-electron chi connectivity index (χ1n) is 6.44. The average Bonchev–Trinajstić information content (AvgIpc) is 2.49. The van der Waals surface area contributed by atoms with E-state index >= 15 is 0 Å².